The van der Waals surface area contributed by atoms with Gasteiger partial charge in [0.1, 0.15) is 5.69 Å². The van der Waals surface area contributed by atoms with Crippen LogP contribution in [-0.4, -0.2) is 56.7 Å². The molecule has 3 fully saturated rings. The van der Waals surface area contributed by atoms with Gasteiger partial charge in [-0.2, -0.15) is 0 Å². The molecule has 0 aliphatic carbocycles. The first-order valence-corrected chi connectivity index (χ1v) is 11.4. The molecule has 1 aromatic carbocycles. The Bertz CT molecular complexity index is 1150. The van der Waals surface area contributed by atoms with Crippen LogP contribution >= 0.6 is 0 Å². The number of piperidine rings is 3. The van der Waals surface area contributed by atoms with E-state index in [1.807, 2.05) is 47.3 Å². The second-order valence-electron chi connectivity index (χ2n) is 8.99. The highest BCUT2D eigenvalue weighted by molar-refractivity contribution is 5.79. The second kappa shape index (κ2) is 8.47. The standard InChI is InChI=1S/C24H26N6O3/c31-24(26-11-16-4-5-22-23(9-16)33-15-32-22)19-13-29-8-6-17(19)10-18(29)12-30-14-21(27-28-30)20-3-1-2-7-25-20/h1-5,7,9,14,17-19H,6,8,10-13,15H2,(H,26,31). The topological polar surface area (TPSA) is 94.4 Å². The molecular formula is C24H26N6O3. The lowest BCUT2D eigenvalue weighted by Crippen LogP contribution is -2.57. The summed E-state index contributed by atoms with van der Waals surface area (Å²) in [5.74, 6) is 2.07. The van der Waals surface area contributed by atoms with Gasteiger partial charge in [0.15, 0.2) is 11.5 Å². The maximum absolute atomic E-state index is 13.0. The van der Waals surface area contributed by atoms with Crippen molar-refractivity contribution < 1.29 is 14.3 Å². The van der Waals surface area contributed by atoms with Crippen molar-refractivity contribution in [2.75, 3.05) is 19.9 Å². The van der Waals surface area contributed by atoms with Crippen LogP contribution in [0.2, 0.25) is 0 Å². The zero-order chi connectivity index (χ0) is 22.2. The van der Waals surface area contributed by atoms with Gasteiger partial charge in [-0.3, -0.25) is 19.4 Å². The minimum absolute atomic E-state index is 0.0313. The number of carbonyl (C=O) groups excluding carboxylic acids is 1. The van der Waals surface area contributed by atoms with Crippen LogP contribution < -0.4 is 14.8 Å². The highest BCUT2D eigenvalue weighted by Crippen LogP contribution is 2.37. The Kier molecular flexibility index (Phi) is 5.18. The van der Waals surface area contributed by atoms with Crippen LogP contribution in [0.1, 0.15) is 18.4 Å². The van der Waals surface area contributed by atoms with Gasteiger partial charge >= 0.3 is 0 Å². The third kappa shape index (κ3) is 4.04. The monoisotopic (exact) mass is 446 g/mol. The van der Waals surface area contributed by atoms with Crippen LogP contribution in [0.5, 0.6) is 11.5 Å². The number of hydrogen-bond acceptors (Lipinski definition) is 7. The quantitative estimate of drug-likeness (QED) is 0.620. The second-order valence-corrected chi connectivity index (χ2v) is 8.99. The highest BCUT2D eigenvalue weighted by atomic mass is 16.7. The normalized spacial score (nSPS) is 25.2. The summed E-state index contributed by atoms with van der Waals surface area (Å²) in [5.41, 5.74) is 2.63. The van der Waals surface area contributed by atoms with Gasteiger partial charge in [-0.05, 0) is 55.1 Å². The summed E-state index contributed by atoms with van der Waals surface area (Å²) in [5, 5.41) is 11.7. The molecule has 3 aromatic rings. The van der Waals surface area contributed by atoms with Crippen LogP contribution in [0, 0.1) is 11.8 Å². The van der Waals surface area contributed by atoms with Gasteiger partial charge in [-0.15, -0.1) is 5.10 Å². The first-order valence-electron chi connectivity index (χ1n) is 11.4. The van der Waals surface area contributed by atoms with Crippen molar-refractivity contribution in [3.8, 4) is 22.9 Å². The van der Waals surface area contributed by atoms with Crippen molar-refractivity contribution in [3.05, 3.63) is 54.4 Å². The molecule has 170 valence electrons. The Hall–Kier alpha value is -3.46. The van der Waals surface area contributed by atoms with Crippen molar-refractivity contribution in [2.24, 2.45) is 11.8 Å². The summed E-state index contributed by atoms with van der Waals surface area (Å²) in [4.78, 5) is 19.8. The number of aromatic nitrogens is 4. The lowest BCUT2D eigenvalue weighted by molar-refractivity contribution is -0.133. The predicted molar refractivity (Wildman–Crippen MR) is 119 cm³/mol. The maximum atomic E-state index is 13.0. The number of nitrogens with zero attached hydrogens (tertiary/aromatic N) is 5. The Morgan fingerprint density at radius 3 is 2.94 bits per heavy atom. The molecule has 0 saturated carbocycles. The maximum Gasteiger partial charge on any atom is 0.231 e. The first kappa shape index (κ1) is 20.2. The molecule has 2 aromatic heterocycles. The molecule has 9 heteroatoms. The third-order valence-electron chi connectivity index (χ3n) is 6.98. The Balaban J connectivity index is 1.05. The average molecular weight is 447 g/mol. The number of amides is 1. The zero-order valence-electron chi connectivity index (χ0n) is 18.3. The van der Waals surface area contributed by atoms with E-state index >= 15 is 0 Å². The van der Waals surface area contributed by atoms with E-state index in [0.29, 0.717) is 18.5 Å². The number of rotatable bonds is 6. The number of ether oxygens (including phenoxy) is 2. The molecule has 33 heavy (non-hydrogen) atoms. The lowest BCUT2D eigenvalue weighted by Gasteiger charge is -2.49. The van der Waals surface area contributed by atoms with Crippen molar-refractivity contribution in [1.82, 2.24) is 30.2 Å². The minimum atomic E-state index is 0.0313. The number of benzene rings is 1. The number of nitrogens with one attached hydrogen (secondary N) is 1. The zero-order valence-corrected chi connectivity index (χ0v) is 18.3. The molecule has 6 heterocycles. The van der Waals surface area contributed by atoms with Gasteiger partial charge in [0.2, 0.25) is 12.7 Å². The smallest absolute Gasteiger partial charge is 0.231 e. The van der Waals surface area contributed by atoms with Crippen molar-refractivity contribution >= 4 is 5.91 Å². The van der Waals surface area contributed by atoms with E-state index in [4.69, 9.17) is 9.47 Å². The van der Waals surface area contributed by atoms with E-state index in [1.54, 1.807) is 6.20 Å². The molecule has 4 unspecified atom stereocenters. The molecule has 9 nitrogen and oxygen atoms in total. The predicted octanol–water partition coefficient (Wildman–Crippen LogP) is 2.10. The van der Waals surface area contributed by atoms with E-state index in [-0.39, 0.29) is 18.6 Å². The summed E-state index contributed by atoms with van der Waals surface area (Å²) in [6.07, 6.45) is 5.79. The fraction of sp³-hybridized carbons (Fsp3) is 0.417. The van der Waals surface area contributed by atoms with Crippen LogP contribution in [0.3, 0.4) is 0 Å². The Labute approximate surface area is 191 Å². The molecule has 0 radical (unpaired) electrons. The highest BCUT2D eigenvalue weighted by Gasteiger charge is 2.43. The minimum Gasteiger partial charge on any atom is -0.454 e. The summed E-state index contributed by atoms with van der Waals surface area (Å²) < 4.78 is 12.7. The van der Waals surface area contributed by atoms with Crippen LogP contribution in [0.25, 0.3) is 11.4 Å². The number of fused-ring (bicyclic) bond motifs is 4. The van der Waals surface area contributed by atoms with E-state index in [1.165, 1.54) is 0 Å². The molecule has 0 spiro atoms. The third-order valence-corrected chi connectivity index (χ3v) is 6.98. The number of carbonyl (C=O) groups is 1. The van der Waals surface area contributed by atoms with E-state index < -0.39 is 0 Å². The van der Waals surface area contributed by atoms with Gasteiger partial charge < -0.3 is 14.8 Å². The molecule has 7 rings (SSSR count). The largest absolute Gasteiger partial charge is 0.454 e. The van der Waals surface area contributed by atoms with Crippen molar-refractivity contribution in [1.29, 1.82) is 0 Å². The molecule has 1 amide bonds. The van der Waals surface area contributed by atoms with Crippen LogP contribution in [0.4, 0.5) is 0 Å². The van der Waals surface area contributed by atoms with Crippen molar-refractivity contribution in [3.63, 3.8) is 0 Å². The Morgan fingerprint density at radius 2 is 2.09 bits per heavy atom. The molecular weight excluding hydrogens is 420 g/mol. The average Bonchev–Trinajstić information content (AvgIpc) is 3.53. The van der Waals surface area contributed by atoms with E-state index in [0.717, 1.165) is 60.9 Å². The molecule has 4 atom stereocenters. The van der Waals surface area contributed by atoms with Crippen LogP contribution in [-0.2, 0) is 17.9 Å². The Morgan fingerprint density at radius 1 is 1.15 bits per heavy atom. The molecule has 4 aliphatic heterocycles. The first-order chi connectivity index (χ1) is 16.2. The van der Waals surface area contributed by atoms with Gasteiger partial charge in [0.25, 0.3) is 0 Å². The van der Waals surface area contributed by atoms with E-state index in [2.05, 4.69) is 25.5 Å². The van der Waals surface area contributed by atoms with Crippen molar-refractivity contribution in [2.45, 2.75) is 32.0 Å². The van der Waals surface area contributed by atoms with Gasteiger partial charge in [0.05, 0.1) is 24.4 Å². The number of hydrogen-bond donors (Lipinski definition) is 1. The summed E-state index contributed by atoms with van der Waals surface area (Å²) in [7, 11) is 0. The van der Waals surface area contributed by atoms with Gasteiger partial charge in [-0.1, -0.05) is 17.3 Å². The molecule has 3 saturated heterocycles. The SMILES string of the molecule is O=C(NCc1ccc2c(c1)OCO2)C1CN2CCC1CC2Cn1cc(-c2ccccn2)nn1. The number of pyridine rings is 1. The van der Waals surface area contributed by atoms with E-state index in [9.17, 15) is 4.79 Å². The molecule has 1 N–H and O–H groups in total. The lowest BCUT2D eigenvalue weighted by atomic mass is 9.75. The van der Waals surface area contributed by atoms with Gasteiger partial charge in [-0.25, -0.2) is 0 Å². The fourth-order valence-electron chi connectivity index (χ4n) is 5.23. The summed E-state index contributed by atoms with van der Waals surface area (Å²) in [6.45, 7) is 3.36. The van der Waals surface area contributed by atoms with Crippen LogP contribution in [0.15, 0.2) is 48.8 Å². The summed E-state index contributed by atoms with van der Waals surface area (Å²) in [6, 6.07) is 12.0. The fourth-order valence-corrected chi connectivity index (χ4v) is 5.23. The van der Waals surface area contributed by atoms with Gasteiger partial charge in [0, 0.05) is 25.3 Å². The molecule has 4 aliphatic rings. The molecule has 2 bridgehead atoms. The summed E-state index contributed by atoms with van der Waals surface area (Å²) >= 11 is 0.